The maximum atomic E-state index is 15.0. The number of halogens is 2. The summed E-state index contributed by atoms with van der Waals surface area (Å²) in [5.41, 5.74) is 1.18. The minimum atomic E-state index is -0.590. The van der Waals surface area contributed by atoms with Crippen molar-refractivity contribution >= 4 is 45.5 Å². The Labute approximate surface area is 210 Å². The molecule has 3 amide bonds. The zero-order chi connectivity index (χ0) is 25.1. The van der Waals surface area contributed by atoms with Crippen molar-refractivity contribution < 1.29 is 23.5 Å². The van der Waals surface area contributed by atoms with Crippen LogP contribution in [0.4, 0.5) is 20.8 Å². The van der Waals surface area contributed by atoms with Gasteiger partial charge in [0.05, 0.1) is 23.6 Å². The summed E-state index contributed by atoms with van der Waals surface area (Å²) in [6, 6.07) is 4.48. The first-order valence-electron chi connectivity index (χ1n) is 11.3. The Kier molecular flexibility index (Phi) is 7.48. The number of nitrogens with one attached hydrogen (secondary N) is 1. The summed E-state index contributed by atoms with van der Waals surface area (Å²) in [7, 11) is 0. The lowest BCUT2D eigenvalue weighted by Gasteiger charge is -2.35. The van der Waals surface area contributed by atoms with E-state index in [-0.39, 0.29) is 29.7 Å². The number of nitrogens with zero attached hydrogens (tertiary/aromatic N) is 5. The Morgan fingerprint density at radius 1 is 1.23 bits per heavy atom. The molecule has 1 aromatic heterocycles. The van der Waals surface area contributed by atoms with Crippen LogP contribution in [0.3, 0.4) is 0 Å². The van der Waals surface area contributed by atoms with Gasteiger partial charge in [0, 0.05) is 56.6 Å². The highest BCUT2D eigenvalue weighted by atomic mass is 79.9. The summed E-state index contributed by atoms with van der Waals surface area (Å²) in [4.78, 5) is 49.1. The van der Waals surface area contributed by atoms with E-state index >= 15 is 0 Å². The van der Waals surface area contributed by atoms with Crippen molar-refractivity contribution in [1.82, 2.24) is 20.2 Å². The highest BCUT2D eigenvalue weighted by Gasteiger charge is 2.33. The van der Waals surface area contributed by atoms with Crippen LogP contribution >= 0.6 is 15.9 Å². The molecule has 4 rings (SSSR count). The fourth-order valence-electron chi connectivity index (χ4n) is 4.00. The number of amides is 3. The fraction of sp³-hybridized carbons (Fsp3) is 0.435. The quantitative estimate of drug-likeness (QED) is 0.551. The van der Waals surface area contributed by atoms with Gasteiger partial charge in [-0.15, -0.1) is 0 Å². The molecule has 12 heteroatoms. The van der Waals surface area contributed by atoms with Gasteiger partial charge in [-0.1, -0.05) is 15.9 Å². The molecule has 1 aromatic carbocycles. The summed E-state index contributed by atoms with van der Waals surface area (Å²) in [6.07, 6.45) is 2.03. The molecule has 3 heterocycles. The van der Waals surface area contributed by atoms with Crippen molar-refractivity contribution in [3.63, 3.8) is 0 Å². The normalized spacial score (nSPS) is 18.9. The first-order chi connectivity index (χ1) is 16.7. The van der Waals surface area contributed by atoms with Gasteiger partial charge in [0.25, 0.3) is 0 Å². The Morgan fingerprint density at radius 3 is 2.51 bits per heavy atom. The van der Waals surface area contributed by atoms with E-state index in [0.29, 0.717) is 48.9 Å². The zero-order valence-electron chi connectivity index (χ0n) is 19.4. The highest BCUT2D eigenvalue weighted by Crippen LogP contribution is 2.29. The van der Waals surface area contributed by atoms with E-state index in [2.05, 4.69) is 31.2 Å². The van der Waals surface area contributed by atoms with Crippen LogP contribution in [0.25, 0.3) is 11.1 Å². The lowest BCUT2D eigenvalue weighted by atomic mass is 10.1. The van der Waals surface area contributed by atoms with Crippen molar-refractivity contribution in [2.24, 2.45) is 0 Å². The second-order valence-electron chi connectivity index (χ2n) is 8.42. The number of alkyl halides is 1. The zero-order valence-corrected chi connectivity index (χ0v) is 21.0. The van der Waals surface area contributed by atoms with Gasteiger partial charge in [0.15, 0.2) is 0 Å². The Balaban J connectivity index is 1.40. The van der Waals surface area contributed by atoms with Gasteiger partial charge < -0.3 is 19.9 Å². The number of rotatable bonds is 6. The molecular formula is C23H26BrFN6O4. The van der Waals surface area contributed by atoms with E-state index in [0.717, 1.165) is 0 Å². The van der Waals surface area contributed by atoms with E-state index in [1.165, 1.54) is 17.9 Å². The highest BCUT2D eigenvalue weighted by molar-refractivity contribution is 9.10. The monoisotopic (exact) mass is 548 g/mol. The Bertz CT molecular complexity index is 1110. The maximum Gasteiger partial charge on any atom is 0.414 e. The molecule has 0 saturated carbocycles. The summed E-state index contributed by atoms with van der Waals surface area (Å²) >= 11 is 3.31. The Morgan fingerprint density at radius 2 is 1.91 bits per heavy atom. The molecule has 0 bridgehead atoms. The van der Waals surface area contributed by atoms with E-state index in [1.807, 2.05) is 11.8 Å². The molecule has 1 unspecified atom stereocenters. The Hall–Kier alpha value is -3.28. The van der Waals surface area contributed by atoms with Crippen LogP contribution in [0.5, 0.6) is 0 Å². The topological polar surface area (TPSA) is 108 Å². The second kappa shape index (κ2) is 10.5. The molecule has 2 saturated heterocycles. The molecule has 186 valence electrons. The minimum absolute atomic E-state index is 0.0604. The molecule has 2 aliphatic rings. The number of carbonyl (C=O) groups is 3. The molecule has 1 N–H and O–H groups in total. The third-order valence-corrected chi connectivity index (χ3v) is 6.27. The largest absolute Gasteiger partial charge is 0.442 e. The number of hydrogen-bond acceptors (Lipinski definition) is 7. The van der Waals surface area contributed by atoms with Crippen LogP contribution in [-0.4, -0.2) is 83.0 Å². The fourth-order valence-corrected chi connectivity index (χ4v) is 4.29. The van der Waals surface area contributed by atoms with Crippen molar-refractivity contribution in [1.29, 1.82) is 0 Å². The molecule has 2 atom stereocenters. The third-order valence-electron chi connectivity index (χ3n) is 5.88. The summed E-state index contributed by atoms with van der Waals surface area (Å²) in [5.74, 6) is -0.155. The number of anilines is 2. The van der Waals surface area contributed by atoms with E-state index < -0.39 is 18.0 Å². The second-order valence-corrected chi connectivity index (χ2v) is 9.79. The molecule has 0 radical (unpaired) electrons. The van der Waals surface area contributed by atoms with Gasteiger partial charge in [-0.25, -0.2) is 19.2 Å². The number of piperazine rings is 1. The standard InChI is InChI=1S/C23H26BrFN6O4/c1-14(24)21(33)29-5-7-30(8-6-29)22-27-10-16(11-28-22)19-4-3-17(9-20(19)25)31-13-18(35-23(31)34)12-26-15(2)32/h3-4,9-11,14,18H,5-8,12-13H2,1-2H3,(H,26,32)/t14-,18?/m0/s1. The van der Waals surface area contributed by atoms with Crippen LogP contribution in [0.15, 0.2) is 30.6 Å². The minimum Gasteiger partial charge on any atom is -0.442 e. The lowest BCUT2D eigenvalue weighted by molar-refractivity contribution is -0.130. The lowest BCUT2D eigenvalue weighted by Crippen LogP contribution is -2.50. The third kappa shape index (κ3) is 5.69. The molecule has 0 spiro atoms. The van der Waals surface area contributed by atoms with Gasteiger partial charge in [0.1, 0.15) is 11.9 Å². The van der Waals surface area contributed by atoms with E-state index in [4.69, 9.17) is 4.74 Å². The van der Waals surface area contributed by atoms with Crippen molar-refractivity contribution in [3.05, 3.63) is 36.4 Å². The average molecular weight is 549 g/mol. The number of aromatic nitrogens is 2. The van der Waals surface area contributed by atoms with E-state index in [9.17, 15) is 18.8 Å². The predicted molar refractivity (Wildman–Crippen MR) is 131 cm³/mol. The molecule has 10 nitrogen and oxygen atoms in total. The summed E-state index contributed by atoms with van der Waals surface area (Å²) in [6.45, 7) is 6.00. The smallest absolute Gasteiger partial charge is 0.414 e. The van der Waals surface area contributed by atoms with Gasteiger partial charge in [-0.2, -0.15) is 0 Å². The number of hydrogen-bond donors (Lipinski definition) is 1. The van der Waals surface area contributed by atoms with Crippen LogP contribution < -0.4 is 15.1 Å². The average Bonchev–Trinajstić information content (AvgIpc) is 3.23. The first kappa shape index (κ1) is 24.8. The van der Waals surface area contributed by atoms with Gasteiger partial charge >= 0.3 is 6.09 Å². The molecular weight excluding hydrogens is 523 g/mol. The summed E-state index contributed by atoms with van der Waals surface area (Å²) < 4.78 is 20.2. The van der Waals surface area contributed by atoms with Crippen LogP contribution in [0, 0.1) is 5.82 Å². The maximum absolute atomic E-state index is 15.0. The number of benzene rings is 1. The van der Waals surface area contributed by atoms with Gasteiger partial charge in [0.2, 0.25) is 17.8 Å². The molecule has 2 fully saturated rings. The van der Waals surface area contributed by atoms with Crippen molar-refractivity contribution in [2.75, 3.05) is 49.1 Å². The van der Waals surface area contributed by atoms with Crippen molar-refractivity contribution in [3.8, 4) is 11.1 Å². The molecule has 35 heavy (non-hydrogen) atoms. The number of cyclic esters (lactones) is 1. The summed E-state index contributed by atoms with van der Waals surface area (Å²) in [5, 5.41) is 2.61. The van der Waals surface area contributed by atoms with Crippen LogP contribution in [0.1, 0.15) is 13.8 Å². The van der Waals surface area contributed by atoms with Crippen LogP contribution in [0.2, 0.25) is 0 Å². The predicted octanol–water partition coefficient (Wildman–Crippen LogP) is 2.18. The first-order valence-corrected chi connectivity index (χ1v) is 12.2. The van der Waals surface area contributed by atoms with Crippen LogP contribution in [-0.2, 0) is 14.3 Å². The number of carbonyl (C=O) groups excluding carboxylic acids is 3. The number of ether oxygens (including phenoxy) is 1. The van der Waals surface area contributed by atoms with E-state index in [1.54, 1.807) is 29.4 Å². The SMILES string of the molecule is CC(=O)NCC1CN(c2ccc(-c3cnc(N4CCN(C(=O)[C@H](C)Br)CC4)nc3)c(F)c2)C(=O)O1. The van der Waals surface area contributed by atoms with Crippen molar-refractivity contribution in [2.45, 2.75) is 24.8 Å². The molecule has 2 aliphatic heterocycles. The molecule has 2 aromatic rings. The van der Waals surface area contributed by atoms with Gasteiger partial charge in [-0.3, -0.25) is 14.5 Å². The van der Waals surface area contributed by atoms with Gasteiger partial charge in [-0.05, 0) is 25.1 Å². The molecule has 0 aliphatic carbocycles.